The maximum absolute atomic E-state index is 12.1. The standard InChI is InChI=1S/C24H29ClO4Si/c1-5-18-16-21(25)22(29-23(26)28-18)17-27-30(24(2,3)4,19-12-8-6-9-13-19)20-14-10-7-11-15-20/h5-15,18,21-22H,1,16-17H2,2-4H3/t18?,21-,22-/m1/s1. The SMILES string of the molecule is C=CC1C[C@@H](Cl)[C@@H](CO[Si](c2ccccc2)(c2ccccc2)C(C)(C)C)OC(=O)O1. The summed E-state index contributed by atoms with van der Waals surface area (Å²) in [6.07, 6.45) is 0.204. The molecule has 1 aliphatic heterocycles. The van der Waals surface area contributed by atoms with E-state index in [0.29, 0.717) is 6.42 Å². The second-order valence-electron chi connectivity index (χ2n) is 8.52. The molecule has 6 heteroatoms. The van der Waals surface area contributed by atoms with Crippen molar-refractivity contribution in [3.63, 3.8) is 0 Å². The van der Waals surface area contributed by atoms with Gasteiger partial charge < -0.3 is 13.9 Å². The molecule has 0 N–H and O–H groups in total. The molecule has 0 amide bonds. The number of alkyl halides is 1. The molecule has 1 saturated heterocycles. The van der Waals surface area contributed by atoms with Gasteiger partial charge in [-0.3, -0.25) is 0 Å². The van der Waals surface area contributed by atoms with E-state index in [9.17, 15) is 4.79 Å². The Morgan fingerprint density at radius 3 is 2.07 bits per heavy atom. The van der Waals surface area contributed by atoms with Gasteiger partial charge in [0.1, 0.15) is 12.2 Å². The highest BCUT2D eigenvalue weighted by atomic mass is 35.5. The summed E-state index contributed by atoms with van der Waals surface area (Å²) in [5, 5.41) is 1.72. The summed E-state index contributed by atoms with van der Waals surface area (Å²) in [7, 11) is -2.74. The average Bonchev–Trinajstić information content (AvgIpc) is 2.86. The summed E-state index contributed by atoms with van der Waals surface area (Å²) >= 11 is 6.59. The Bertz CT molecular complexity index is 811. The Kier molecular flexibility index (Phi) is 7.06. The summed E-state index contributed by atoms with van der Waals surface area (Å²) < 4.78 is 17.6. The van der Waals surface area contributed by atoms with Crippen LogP contribution < -0.4 is 10.4 Å². The summed E-state index contributed by atoms with van der Waals surface area (Å²) in [6.45, 7) is 10.5. The number of rotatable bonds is 6. The van der Waals surface area contributed by atoms with Crippen LogP contribution in [-0.2, 0) is 13.9 Å². The minimum atomic E-state index is -2.74. The first-order valence-corrected chi connectivity index (χ1v) is 12.5. The van der Waals surface area contributed by atoms with Crippen molar-refractivity contribution in [3.05, 3.63) is 73.3 Å². The summed E-state index contributed by atoms with van der Waals surface area (Å²) in [5.74, 6) is 0. The van der Waals surface area contributed by atoms with E-state index in [2.05, 4.69) is 51.6 Å². The molecule has 3 rings (SSSR count). The quantitative estimate of drug-likeness (QED) is 0.281. The number of benzene rings is 2. The lowest BCUT2D eigenvalue weighted by atomic mass is 10.1. The molecular weight excluding hydrogens is 416 g/mol. The third-order valence-corrected chi connectivity index (χ3v) is 11.0. The van der Waals surface area contributed by atoms with Crippen LogP contribution in [0.25, 0.3) is 0 Å². The minimum absolute atomic E-state index is 0.174. The molecule has 0 spiro atoms. The van der Waals surface area contributed by atoms with Crippen molar-refractivity contribution in [1.29, 1.82) is 0 Å². The molecule has 2 aromatic carbocycles. The Hall–Kier alpha value is -2.08. The molecule has 0 aromatic heterocycles. The molecule has 0 radical (unpaired) electrons. The van der Waals surface area contributed by atoms with Crippen molar-refractivity contribution in [3.8, 4) is 0 Å². The van der Waals surface area contributed by atoms with E-state index < -0.39 is 32.1 Å². The minimum Gasteiger partial charge on any atom is -0.427 e. The summed E-state index contributed by atoms with van der Waals surface area (Å²) in [6, 6.07) is 20.6. The average molecular weight is 445 g/mol. The number of halogens is 1. The Labute approximate surface area is 184 Å². The van der Waals surface area contributed by atoms with E-state index in [1.165, 1.54) is 0 Å². The highest BCUT2D eigenvalue weighted by molar-refractivity contribution is 6.99. The largest absolute Gasteiger partial charge is 0.509 e. The third kappa shape index (κ3) is 4.64. The van der Waals surface area contributed by atoms with Crippen LogP contribution in [0.15, 0.2) is 73.3 Å². The fraction of sp³-hybridized carbons (Fsp3) is 0.375. The molecular formula is C24H29ClO4Si. The molecule has 0 aliphatic carbocycles. The van der Waals surface area contributed by atoms with Gasteiger partial charge in [-0.2, -0.15) is 0 Å². The van der Waals surface area contributed by atoms with Crippen molar-refractivity contribution < 1.29 is 18.7 Å². The lowest BCUT2D eigenvalue weighted by molar-refractivity contribution is 0.0171. The molecule has 4 nitrogen and oxygen atoms in total. The van der Waals surface area contributed by atoms with Crippen molar-refractivity contribution in [1.82, 2.24) is 0 Å². The number of carbonyl (C=O) groups excluding carboxylic acids is 1. The zero-order chi connectivity index (χ0) is 21.8. The molecule has 1 heterocycles. The lowest BCUT2D eigenvalue weighted by Crippen LogP contribution is -2.67. The predicted octanol–water partition coefficient (Wildman–Crippen LogP) is 4.65. The fourth-order valence-electron chi connectivity index (χ4n) is 4.02. The van der Waals surface area contributed by atoms with Crippen LogP contribution >= 0.6 is 11.6 Å². The molecule has 2 aromatic rings. The summed E-state index contributed by atoms with van der Waals surface area (Å²) in [5.41, 5.74) is 0. The van der Waals surface area contributed by atoms with Crippen LogP contribution in [0.1, 0.15) is 27.2 Å². The van der Waals surface area contributed by atoms with Gasteiger partial charge in [-0.05, 0) is 15.4 Å². The third-order valence-electron chi connectivity index (χ3n) is 5.50. The molecule has 1 aliphatic rings. The van der Waals surface area contributed by atoms with Gasteiger partial charge in [0.05, 0.1) is 12.0 Å². The van der Waals surface area contributed by atoms with Crippen LogP contribution in [0.4, 0.5) is 4.79 Å². The zero-order valence-corrected chi connectivity index (χ0v) is 19.5. The molecule has 0 bridgehead atoms. The first kappa shape index (κ1) is 22.6. The summed E-state index contributed by atoms with van der Waals surface area (Å²) in [4.78, 5) is 12.1. The maximum Gasteiger partial charge on any atom is 0.509 e. The van der Waals surface area contributed by atoms with Gasteiger partial charge in [0.15, 0.2) is 0 Å². The number of hydrogen-bond donors (Lipinski definition) is 0. The second kappa shape index (κ2) is 9.37. The van der Waals surface area contributed by atoms with Crippen molar-refractivity contribution >= 4 is 36.4 Å². The Morgan fingerprint density at radius 2 is 1.60 bits per heavy atom. The van der Waals surface area contributed by atoms with E-state index in [4.69, 9.17) is 25.5 Å². The highest BCUT2D eigenvalue weighted by Gasteiger charge is 2.51. The lowest BCUT2D eigenvalue weighted by Gasteiger charge is -2.43. The van der Waals surface area contributed by atoms with Gasteiger partial charge in [0.2, 0.25) is 0 Å². The topological polar surface area (TPSA) is 44.8 Å². The van der Waals surface area contributed by atoms with Crippen molar-refractivity contribution in [2.75, 3.05) is 6.61 Å². The first-order valence-electron chi connectivity index (χ1n) is 10.2. The van der Waals surface area contributed by atoms with Crippen LogP contribution in [0, 0.1) is 0 Å². The molecule has 3 atom stereocenters. The van der Waals surface area contributed by atoms with E-state index in [1.54, 1.807) is 6.08 Å². The van der Waals surface area contributed by atoms with Crippen molar-refractivity contribution in [2.45, 2.75) is 49.8 Å². The Morgan fingerprint density at radius 1 is 1.07 bits per heavy atom. The Balaban J connectivity index is 1.99. The zero-order valence-electron chi connectivity index (χ0n) is 17.7. The number of cyclic esters (lactones) is 2. The second-order valence-corrected chi connectivity index (χ2v) is 13.4. The molecule has 30 heavy (non-hydrogen) atoms. The van der Waals surface area contributed by atoms with Crippen LogP contribution in [0.3, 0.4) is 0 Å². The monoisotopic (exact) mass is 444 g/mol. The van der Waals surface area contributed by atoms with Gasteiger partial charge in [0, 0.05) is 6.42 Å². The van der Waals surface area contributed by atoms with Crippen molar-refractivity contribution in [2.24, 2.45) is 0 Å². The molecule has 0 saturated carbocycles. The smallest absolute Gasteiger partial charge is 0.427 e. The fourth-order valence-corrected chi connectivity index (χ4v) is 8.89. The number of ether oxygens (including phenoxy) is 2. The van der Waals surface area contributed by atoms with Crippen LogP contribution in [-0.4, -0.2) is 38.7 Å². The molecule has 1 unspecified atom stereocenters. The van der Waals surface area contributed by atoms with E-state index in [-0.39, 0.29) is 11.6 Å². The maximum atomic E-state index is 12.1. The van der Waals surface area contributed by atoms with Crippen LogP contribution in [0.5, 0.6) is 0 Å². The van der Waals surface area contributed by atoms with E-state index >= 15 is 0 Å². The molecule has 160 valence electrons. The van der Waals surface area contributed by atoms with E-state index in [1.807, 2.05) is 36.4 Å². The highest BCUT2D eigenvalue weighted by Crippen LogP contribution is 2.37. The van der Waals surface area contributed by atoms with Gasteiger partial charge >= 0.3 is 6.16 Å². The van der Waals surface area contributed by atoms with E-state index in [0.717, 1.165) is 10.4 Å². The van der Waals surface area contributed by atoms with Gasteiger partial charge in [-0.15, -0.1) is 11.6 Å². The van der Waals surface area contributed by atoms with Gasteiger partial charge in [-0.25, -0.2) is 4.79 Å². The first-order chi connectivity index (χ1) is 14.3. The number of carbonyl (C=O) groups is 1. The number of hydrogen-bond acceptors (Lipinski definition) is 4. The predicted molar refractivity (Wildman–Crippen MR) is 123 cm³/mol. The van der Waals surface area contributed by atoms with Gasteiger partial charge in [-0.1, -0.05) is 94.1 Å². The molecule has 1 fully saturated rings. The van der Waals surface area contributed by atoms with Gasteiger partial charge in [0.25, 0.3) is 8.32 Å². The van der Waals surface area contributed by atoms with Crippen LogP contribution in [0.2, 0.25) is 5.04 Å². The normalized spacial score (nSPS) is 22.5.